The summed E-state index contributed by atoms with van der Waals surface area (Å²) >= 11 is 3.25. The minimum atomic E-state index is -0.233. The van der Waals surface area contributed by atoms with Crippen LogP contribution in [-0.4, -0.2) is 24.3 Å². The lowest BCUT2D eigenvalue weighted by Crippen LogP contribution is -2.19. The lowest BCUT2D eigenvalue weighted by Gasteiger charge is -2.10. The van der Waals surface area contributed by atoms with Crippen molar-refractivity contribution in [2.75, 3.05) is 13.1 Å². The first-order chi connectivity index (χ1) is 6.25. The highest BCUT2D eigenvalue weighted by Crippen LogP contribution is 2.20. The molecular weight excluding hydrogens is 234 g/mol. The molecule has 13 heavy (non-hydrogen) atoms. The first kappa shape index (κ1) is 9.24. The molecule has 1 aromatic rings. The Kier molecular flexibility index (Phi) is 2.71. The van der Waals surface area contributed by atoms with Gasteiger partial charge in [0.1, 0.15) is 5.76 Å². The number of halogens is 1. The summed E-state index contributed by atoms with van der Waals surface area (Å²) in [7, 11) is 0. The maximum absolute atomic E-state index is 9.54. The number of aliphatic hydroxyl groups is 1. The van der Waals surface area contributed by atoms with Crippen molar-refractivity contribution in [3.8, 4) is 0 Å². The van der Waals surface area contributed by atoms with Crippen LogP contribution in [-0.2, 0) is 6.42 Å². The summed E-state index contributed by atoms with van der Waals surface area (Å²) < 4.78 is 6.12. The number of hydrogen-bond acceptors (Lipinski definition) is 3. The third-order valence-corrected chi connectivity index (χ3v) is 2.82. The Morgan fingerprint density at radius 1 is 1.54 bits per heavy atom. The van der Waals surface area contributed by atoms with Crippen molar-refractivity contribution in [2.45, 2.75) is 12.5 Å². The lowest BCUT2D eigenvalue weighted by atomic mass is 10.0. The molecule has 0 bridgehead atoms. The number of hydrogen-bond donors (Lipinski definition) is 2. The van der Waals surface area contributed by atoms with Crippen LogP contribution in [0.1, 0.15) is 5.76 Å². The summed E-state index contributed by atoms with van der Waals surface area (Å²) in [6, 6.07) is 3.82. The normalized spacial score (nSPS) is 28.2. The van der Waals surface area contributed by atoms with Crippen molar-refractivity contribution < 1.29 is 9.52 Å². The molecule has 1 saturated heterocycles. The van der Waals surface area contributed by atoms with Crippen LogP contribution in [0, 0.1) is 5.92 Å². The number of nitrogens with one attached hydrogen (secondary N) is 1. The fourth-order valence-corrected chi connectivity index (χ4v) is 1.99. The molecule has 0 amide bonds. The zero-order chi connectivity index (χ0) is 9.26. The molecule has 1 fully saturated rings. The van der Waals surface area contributed by atoms with E-state index in [0.29, 0.717) is 6.54 Å². The molecule has 2 atom stereocenters. The largest absolute Gasteiger partial charge is 0.454 e. The summed E-state index contributed by atoms with van der Waals surface area (Å²) in [5, 5.41) is 12.7. The van der Waals surface area contributed by atoms with Crippen molar-refractivity contribution in [3.05, 3.63) is 22.6 Å². The molecule has 0 spiro atoms. The average Bonchev–Trinajstić information content (AvgIpc) is 2.64. The molecule has 1 aliphatic heterocycles. The van der Waals surface area contributed by atoms with Gasteiger partial charge in [-0.25, -0.2) is 0 Å². The second-order valence-electron chi connectivity index (χ2n) is 3.40. The van der Waals surface area contributed by atoms with E-state index in [4.69, 9.17) is 4.42 Å². The molecule has 72 valence electrons. The van der Waals surface area contributed by atoms with Gasteiger partial charge in [-0.15, -0.1) is 0 Å². The molecule has 0 radical (unpaired) electrons. The van der Waals surface area contributed by atoms with Crippen molar-refractivity contribution >= 4 is 15.9 Å². The summed E-state index contributed by atoms with van der Waals surface area (Å²) in [4.78, 5) is 0. The molecule has 2 rings (SSSR count). The SMILES string of the molecule is OC1CNCC1Cc1ccc(Br)o1. The van der Waals surface area contributed by atoms with Crippen LogP contribution in [0.2, 0.25) is 0 Å². The zero-order valence-electron chi connectivity index (χ0n) is 7.16. The highest BCUT2D eigenvalue weighted by atomic mass is 79.9. The van der Waals surface area contributed by atoms with Crippen LogP contribution < -0.4 is 5.32 Å². The van der Waals surface area contributed by atoms with Crippen LogP contribution >= 0.6 is 15.9 Å². The maximum atomic E-state index is 9.54. The fraction of sp³-hybridized carbons (Fsp3) is 0.556. The van der Waals surface area contributed by atoms with Gasteiger partial charge < -0.3 is 14.8 Å². The molecule has 2 N–H and O–H groups in total. The molecule has 2 heterocycles. The van der Waals surface area contributed by atoms with Crippen molar-refractivity contribution in [1.29, 1.82) is 0 Å². The van der Waals surface area contributed by atoms with Crippen LogP contribution in [0.4, 0.5) is 0 Å². The van der Waals surface area contributed by atoms with Gasteiger partial charge in [0.2, 0.25) is 0 Å². The zero-order valence-corrected chi connectivity index (χ0v) is 8.75. The van der Waals surface area contributed by atoms with Crippen molar-refractivity contribution in [2.24, 2.45) is 5.92 Å². The van der Waals surface area contributed by atoms with Crippen LogP contribution in [0.5, 0.6) is 0 Å². The van der Waals surface area contributed by atoms with E-state index in [-0.39, 0.29) is 12.0 Å². The molecule has 0 aliphatic carbocycles. The Hall–Kier alpha value is -0.320. The van der Waals surface area contributed by atoms with Crippen LogP contribution in [0.25, 0.3) is 0 Å². The van der Waals surface area contributed by atoms with Gasteiger partial charge in [0, 0.05) is 25.4 Å². The van der Waals surface area contributed by atoms with Gasteiger partial charge in [0.25, 0.3) is 0 Å². The van der Waals surface area contributed by atoms with E-state index in [1.54, 1.807) is 0 Å². The molecular formula is C9H12BrNO2. The first-order valence-corrected chi connectivity index (χ1v) is 5.18. The van der Waals surface area contributed by atoms with Gasteiger partial charge in [0.15, 0.2) is 4.67 Å². The molecule has 1 aromatic heterocycles. The summed E-state index contributed by atoms with van der Waals surface area (Å²) in [5.74, 6) is 1.22. The van der Waals surface area contributed by atoms with Crippen LogP contribution in [0.15, 0.2) is 21.2 Å². The van der Waals surface area contributed by atoms with Gasteiger partial charge in [-0.05, 0) is 28.1 Å². The molecule has 1 aliphatic rings. The summed E-state index contributed by atoms with van der Waals surface area (Å²) in [6.07, 6.45) is 0.573. The van der Waals surface area contributed by atoms with Crippen molar-refractivity contribution in [3.63, 3.8) is 0 Å². The standard InChI is InChI=1S/C9H12BrNO2/c10-9-2-1-7(13-9)3-6-4-11-5-8(6)12/h1-2,6,8,11-12H,3-5H2. The molecule has 0 saturated carbocycles. The summed E-state index contributed by atoms with van der Waals surface area (Å²) in [6.45, 7) is 1.58. The fourth-order valence-electron chi connectivity index (χ4n) is 1.65. The highest BCUT2D eigenvalue weighted by Gasteiger charge is 2.25. The Morgan fingerprint density at radius 2 is 2.38 bits per heavy atom. The van der Waals surface area contributed by atoms with Gasteiger partial charge in [0.05, 0.1) is 6.10 Å². The quantitative estimate of drug-likeness (QED) is 0.823. The maximum Gasteiger partial charge on any atom is 0.169 e. The number of aliphatic hydroxyl groups excluding tert-OH is 1. The Balaban J connectivity index is 1.97. The first-order valence-electron chi connectivity index (χ1n) is 4.38. The molecule has 4 heteroatoms. The minimum absolute atomic E-state index is 0.233. The van der Waals surface area contributed by atoms with Gasteiger partial charge >= 0.3 is 0 Å². The second-order valence-corrected chi connectivity index (χ2v) is 4.18. The highest BCUT2D eigenvalue weighted by molar-refractivity contribution is 9.10. The average molecular weight is 246 g/mol. The number of β-amino-alcohol motifs (C(OH)–C–C–N with tert-alkyl or cyclic N) is 1. The smallest absolute Gasteiger partial charge is 0.169 e. The molecule has 2 unspecified atom stereocenters. The van der Waals surface area contributed by atoms with E-state index in [2.05, 4.69) is 21.2 Å². The Labute approximate surface area is 85.3 Å². The van der Waals surface area contributed by atoms with E-state index in [0.717, 1.165) is 23.4 Å². The van der Waals surface area contributed by atoms with E-state index < -0.39 is 0 Å². The van der Waals surface area contributed by atoms with E-state index in [9.17, 15) is 5.11 Å². The monoisotopic (exact) mass is 245 g/mol. The Bertz CT molecular complexity index is 287. The molecule has 0 aromatic carbocycles. The van der Waals surface area contributed by atoms with E-state index >= 15 is 0 Å². The topological polar surface area (TPSA) is 45.4 Å². The van der Waals surface area contributed by atoms with Gasteiger partial charge in [-0.1, -0.05) is 0 Å². The molecule has 3 nitrogen and oxygen atoms in total. The van der Waals surface area contributed by atoms with E-state index in [1.165, 1.54) is 0 Å². The number of furan rings is 1. The van der Waals surface area contributed by atoms with E-state index in [1.807, 2.05) is 12.1 Å². The van der Waals surface area contributed by atoms with Gasteiger partial charge in [-0.2, -0.15) is 0 Å². The van der Waals surface area contributed by atoms with Gasteiger partial charge in [-0.3, -0.25) is 0 Å². The summed E-state index contributed by atoms with van der Waals surface area (Å²) in [5.41, 5.74) is 0. The predicted molar refractivity (Wildman–Crippen MR) is 52.5 cm³/mol. The third kappa shape index (κ3) is 2.13. The van der Waals surface area contributed by atoms with Crippen LogP contribution in [0.3, 0.4) is 0 Å². The third-order valence-electron chi connectivity index (χ3n) is 2.40. The van der Waals surface area contributed by atoms with Crippen molar-refractivity contribution in [1.82, 2.24) is 5.32 Å². The minimum Gasteiger partial charge on any atom is -0.454 e. The second kappa shape index (κ2) is 3.82. The Morgan fingerprint density at radius 3 is 2.92 bits per heavy atom. The number of rotatable bonds is 2. The lowest BCUT2D eigenvalue weighted by molar-refractivity contribution is 0.144. The predicted octanol–water partition coefficient (Wildman–Crippen LogP) is 1.16.